The SMILES string of the molecule is COc1ccc(CC(=O)N(CCCO)C2CCC2)cc1F. The van der Waals surface area contributed by atoms with Crippen molar-refractivity contribution in [2.45, 2.75) is 38.1 Å². The van der Waals surface area contributed by atoms with Gasteiger partial charge < -0.3 is 14.7 Å². The van der Waals surface area contributed by atoms with Gasteiger partial charge in [0.1, 0.15) is 0 Å². The molecule has 0 aromatic heterocycles. The Balaban J connectivity index is 2.01. The zero-order valence-electron chi connectivity index (χ0n) is 12.3. The molecule has 4 nitrogen and oxygen atoms in total. The summed E-state index contributed by atoms with van der Waals surface area (Å²) in [6, 6.07) is 4.89. The first-order valence-corrected chi connectivity index (χ1v) is 7.38. The number of halogens is 1. The number of ether oxygens (including phenoxy) is 1. The first-order valence-electron chi connectivity index (χ1n) is 7.38. The van der Waals surface area contributed by atoms with Crippen LogP contribution in [0.2, 0.25) is 0 Å². The van der Waals surface area contributed by atoms with E-state index >= 15 is 0 Å². The van der Waals surface area contributed by atoms with Crippen LogP contribution >= 0.6 is 0 Å². The summed E-state index contributed by atoms with van der Waals surface area (Å²) >= 11 is 0. The van der Waals surface area contributed by atoms with Gasteiger partial charge in [-0.3, -0.25) is 4.79 Å². The van der Waals surface area contributed by atoms with Gasteiger partial charge in [-0.25, -0.2) is 4.39 Å². The standard InChI is InChI=1S/C16H22FNO3/c1-21-15-7-6-12(10-14(15)17)11-16(20)18(8-3-9-19)13-4-2-5-13/h6-7,10,13,19H,2-5,8-9,11H2,1H3. The van der Waals surface area contributed by atoms with Gasteiger partial charge in [0.2, 0.25) is 5.91 Å². The molecule has 1 aromatic carbocycles. The van der Waals surface area contributed by atoms with Crippen molar-refractivity contribution in [2.75, 3.05) is 20.3 Å². The highest BCUT2D eigenvalue weighted by atomic mass is 19.1. The molecule has 116 valence electrons. The number of benzene rings is 1. The van der Waals surface area contributed by atoms with Crippen molar-refractivity contribution in [3.63, 3.8) is 0 Å². The highest BCUT2D eigenvalue weighted by Gasteiger charge is 2.28. The van der Waals surface area contributed by atoms with E-state index in [0.717, 1.165) is 19.3 Å². The van der Waals surface area contributed by atoms with E-state index in [9.17, 15) is 9.18 Å². The molecule has 1 saturated carbocycles. The van der Waals surface area contributed by atoms with Crippen molar-refractivity contribution < 1.29 is 19.0 Å². The minimum atomic E-state index is -0.451. The van der Waals surface area contributed by atoms with Gasteiger partial charge in [0.25, 0.3) is 0 Å². The van der Waals surface area contributed by atoms with E-state index in [4.69, 9.17) is 9.84 Å². The number of hydrogen-bond donors (Lipinski definition) is 1. The third kappa shape index (κ3) is 3.94. The number of amides is 1. The minimum Gasteiger partial charge on any atom is -0.494 e. The number of aliphatic hydroxyl groups excluding tert-OH is 1. The van der Waals surface area contributed by atoms with Crippen molar-refractivity contribution in [2.24, 2.45) is 0 Å². The molecule has 1 aliphatic rings. The molecule has 1 aromatic rings. The summed E-state index contributed by atoms with van der Waals surface area (Å²) in [5.41, 5.74) is 0.645. The second kappa shape index (κ2) is 7.41. The van der Waals surface area contributed by atoms with E-state index < -0.39 is 5.82 Å². The molecule has 5 heteroatoms. The van der Waals surface area contributed by atoms with Gasteiger partial charge >= 0.3 is 0 Å². The third-order valence-electron chi connectivity index (χ3n) is 3.96. The number of rotatable bonds is 7. The number of carbonyl (C=O) groups excluding carboxylic acids is 1. The van der Waals surface area contributed by atoms with E-state index in [2.05, 4.69) is 0 Å². The van der Waals surface area contributed by atoms with Gasteiger partial charge in [-0.1, -0.05) is 6.07 Å². The summed E-state index contributed by atoms with van der Waals surface area (Å²) in [5, 5.41) is 8.95. The van der Waals surface area contributed by atoms with E-state index in [1.807, 2.05) is 4.90 Å². The Morgan fingerprint density at radius 1 is 1.48 bits per heavy atom. The van der Waals surface area contributed by atoms with Crippen LogP contribution in [0, 0.1) is 5.82 Å². The monoisotopic (exact) mass is 295 g/mol. The first kappa shape index (κ1) is 15.8. The van der Waals surface area contributed by atoms with E-state index in [1.54, 1.807) is 12.1 Å². The van der Waals surface area contributed by atoms with Crippen molar-refractivity contribution in [3.8, 4) is 5.75 Å². The van der Waals surface area contributed by atoms with E-state index in [-0.39, 0.29) is 30.7 Å². The lowest BCUT2D eigenvalue weighted by Gasteiger charge is -2.37. The number of nitrogens with zero attached hydrogens (tertiary/aromatic N) is 1. The van der Waals surface area contributed by atoms with Crippen molar-refractivity contribution in [3.05, 3.63) is 29.6 Å². The molecule has 1 N–H and O–H groups in total. The summed E-state index contributed by atoms with van der Waals surface area (Å²) in [6.45, 7) is 0.645. The van der Waals surface area contributed by atoms with Gasteiger partial charge in [0.05, 0.1) is 13.5 Å². The van der Waals surface area contributed by atoms with Crippen LogP contribution in [0.3, 0.4) is 0 Å². The Morgan fingerprint density at radius 3 is 2.76 bits per heavy atom. The zero-order valence-corrected chi connectivity index (χ0v) is 12.3. The summed E-state index contributed by atoms with van der Waals surface area (Å²) in [6.07, 6.45) is 3.95. The average Bonchev–Trinajstić information content (AvgIpc) is 2.41. The Hall–Kier alpha value is -1.62. The van der Waals surface area contributed by atoms with Crippen molar-refractivity contribution in [1.29, 1.82) is 0 Å². The van der Waals surface area contributed by atoms with E-state index in [0.29, 0.717) is 18.5 Å². The minimum absolute atomic E-state index is 0.00211. The number of hydrogen-bond acceptors (Lipinski definition) is 3. The number of carbonyl (C=O) groups is 1. The highest BCUT2D eigenvalue weighted by Crippen LogP contribution is 2.26. The lowest BCUT2D eigenvalue weighted by atomic mass is 9.91. The summed E-state index contributed by atoms with van der Waals surface area (Å²) < 4.78 is 18.5. The summed E-state index contributed by atoms with van der Waals surface area (Å²) in [5.74, 6) is -0.270. The van der Waals surface area contributed by atoms with Crippen LogP contribution in [0.5, 0.6) is 5.75 Å². The molecule has 1 fully saturated rings. The van der Waals surface area contributed by atoms with Gasteiger partial charge in [-0.15, -0.1) is 0 Å². The third-order valence-corrected chi connectivity index (χ3v) is 3.96. The molecular weight excluding hydrogens is 273 g/mol. The second-order valence-corrected chi connectivity index (χ2v) is 5.39. The Morgan fingerprint density at radius 2 is 2.24 bits per heavy atom. The lowest BCUT2D eigenvalue weighted by molar-refractivity contribution is -0.134. The van der Waals surface area contributed by atoms with Crippen LogP contribution in [0.25, 0.3) is 0 Å². The predicted octanol–water partition coefficient (Wildman–Crippen LogP) is 2.14. The molecule has 1 amide bonds. The topological polar surface area (TPSA) is 49.8 Å². The largest absolute Gasteiger partial charge is 0.494 e. The van der Waals surface area contributed by atoms with Gasteiger partial charge in [0.15, 0.2) is 11.6 Å². The number of aliphatic hydroxyl groups is 1. The van der Waals surface area contributed by atoms with E-state index in [1.165, 1.54) is 13.2 Å². The predicted molar refractivity (Wildman–Crippen MR) is 77.7 cm³/mol. The normalized spacial score (nSPS) is 14.6. The van der Waals surface area contributed by atoms with Crippen LogP contribution in [0.4, 0.5) is 4.39 Å². The first-order chi connectivity index (χ1) is 10.2. The Labute approximate surface area is 124 Å². The maximum atomic E-state index is 13.7. The zero-order chi connectivity index (χ0) is 15.2. The Bertz CT molecular complexity index is 488. The molecule has 1 aliphatic carbocycles. The highest BCUT2D eigenvalue weighted by molar-refractivity contribution is 5.79. The number of methoxy groups -OCH3 is 1. The van der Waals surface area contributed by atoms with Gasteiger partial charge in [-0.2, -0.15) is 0 Å². The average molecular weight is 295 g/mol. The summed E-state index contributed by atoms with van der Waals surface area (Å²) in [7, 11) is 1.41. The molecule has 21 heavy (non-hydrogen) atoms. The fraction of sp³-hybridized carbons (Fsp3) is 0.562. The quantitative estimate of drug-likeness (QED) is 0.838. The van der Waals surface area contributed by atoms with Crippen LogP contribution in [0.15, 0.2) is 18.2 Å². The molecule has 0 atom stereocenters. The van der Waals surface area contributed by atoms with Crippen LogP contribution in [0.1, 0.15) is 31.2 Å². The molecule has 0 saturated heterocycles. The second-order valence-electron chi connectivity index (χ2n) is 5.39. The molecule has 0 heterocycles. The molecule has 0 unspecified atom stereocenters. The maximum absolute atomic E-state index is 13.7. The van der Waals surface area contributed by atoms with Crippen LogP contribution < -0.4 is 4.74 Å². The fourth-order valence-electron chi connectivity index (χ4n) is 2.55. The lowest BCUT2D eigenvalue weighted by Crippen LogP contribution is -2.45. The molecular formula is C16H22FNO3. The summed E-state index contributed by atoms with van der Waals surface area (Å²) in [4.78, 5) is 14.2. The molecule has 0 aliphatic heterocycles. The van der Waals surface area contributed by atoms with Crippen LogP contribution in [-0.4, -0.2) is 42.2 Å². The Kier molecular flexibility index (Phi) is 5.56. The smallest absolute Gasteiger partial charge is 0.227 e. The molecule has 0 spiro atoms. The van der Waals surface area contributed by atoms with Crippen LogP contribution in [-0.2, 0) is 11.2 Å². The van der Waals surface area contributed by atoms with Gasteiger partial charge in [-0.05, 0) is 43.4 Å². The maximum Gasteiger partial charge on any atom is 0.227 e. The fourth-order valence-corrected chi connectivity index (χ4v) is 2.55. The molecule has 2 rings (SSSR count). The van der Waals surface area contributed by atoms with Crippen molar-refractivity contribution >= 4 is 5.91 Å². The molecule has 0 radical (unpaired) electrons. The van der Waals surface area contributed by atoms with Crippen molar-refractivity contribution in [1.82, 2.24) is 4.90 Å². The molecule has 0 bridgehead atoms. The van der Waals surface area contributed by atoms with Gasteiger partial charge in [0, 0.05) is 19.2 Å².